The summed E-state index contributed by atoms with van der Waals surface area (Å²) in [5.74, 6) is -2.58. The van der Waals surface area contributed by atoms with E-state index in [1.165, 1.54) is 0 Å². The molecule has 0 aromatic rings. The first-order valence-corrected chi connectivity index (χ1v) is 5.09. The van der Waals surface area contributed by atoms with E-state index in [1.807, 2.05) is 0 Å². The van der Waals surface area contributed by atoms with Crippen molar-refractivity contribution in [2.45, 2.75) is 0 Å². The van der Waals surface area contributed by atoms with E-state index in [4.69, 9.17) is 10.8 Å². The van der Waals surface area contributed by atoms with Gasteiger partial charge in [0.2, 0.25) is 11.8 Å². The number of carbonyl (C=O) groups excluding carboxylic acids is 3. The van der Waals surface area contributed by atoms with Gasteiger partial charge in [-0.25, -0.2) is 9.69 Å². The molecule has 1 heterocycles. The fourth-order valence-corrected chi connectivity index (χ4v) is 1.48. The summed E-state index contributed by atoms with van der Waals surface area (Å²) in [7, 11) is 0. The maximum Gasteiger partial charge on any atom is 0.416 e. The summed E-state index contributed by atoms with van der Waals surface area (Å²) in [6, 6.07) is 0. The molecule has 0 atom stereocenters. The fourth-order valence-electron chi connectivity index (χ4n) is 1.48. The number of aliphatic carboxylic acids is 1. The normalized spacial score (nSPS) is 14.7. The molecule has 0 aromatic carbocycles. The third-order valence-corrected chi connectivity index (χ3v) is 2.16. The van der Waals surface area contributed by atoms with Crippen LogP contribution >= 0.6 is 0 Å². The minimum absolute atomic E-state index is 0.110. The zero-order valence-corrected chi connectivity index (χ0v) is 9.50. The van der Waals surface area contributed by atoms with Crippen LogP contribution in [0, 0.1) is 0 Å². The summed E-state index contributed by atoms with van der Waals surface area (Å²) in [5, 5.41) is 8.62. The number of carboxylic acids is 1. The van der Waals surface area contributed by atoms with Crippen LogP contribution in [-0.2, 0) is 19.1 Å². The molecule has 0 saturated carbocycles. The van der Waals surface area contributed by atoms with E-state index in [9.17, 15) is 19.2 Å². The highest BCUT2D eigenvalue weighted by atomic mass is 16.6. The Kier molecular flexibility index (Phi) is 4.60. The molecular weight excluding hydrogens is 246 g/mol. The van der Waals surface area contributed by atoms with Gasteiger partial charge >= 0.3 is 12.1 Å². The van der Waals surface area contributed by atoms with Crippen molar-refractivity contribution in [1.82, 2.24) is 9.80 Å². The molecule has 100 valence electrons. The first-order chi connectivity index (χ1) is 8.40. The average molecular weight is 259 g/mol. The molecule has 1 fully saturated rings. The number of carboxylic acid groups (broad SMARTS) is 1. The quantitative estimate of drug-likeness (QED) is 0.555. The Balaban J connectivity index is 2.58. The summed E-state index contributed by atoms with van der Waals surface area (Å²) in [4.78, 5) is 45.9. The number of hydrogen-bond donors (Lipinski definition) is 2. The fraction of sp³-hybridized carbons (Fsp3) is 0.556. The number of carbonyl (C=O) groups is 4. The van der Waals surface area contributed by atoms with Gasteiger partial charge in [-0.1, -0.05) is 0 Å². The van der Waals surface area contributed by atoms with Gasteiger partial charge in [0.05, 0.1) is 26.2 Å². The maximum atomic E-state index is 11.7. The highest BCUT2D eigenvalue weighted by Gasteiger charge is 2.30. The number of hydrogen-bond acceptors (Lipinski definition) is 6. The van der Waals surface area contributed by atoms with Gasteiger partial charge in [-0.05, 0) is 0 Å². The van der Waals surface area contributed by atoms with E-state index >= 15 is 0 Å². The van der Waals surface area contributed by atoms with Gasteiger partial charge in [0.15, 0.2) is 0 Å². The van der Waals surface area contributed by atoms with Crippen molar-refractivity contribution in [1.29, 1.82) is 0 Å². The van der Waals surface area contributed by atoms with Crippen molar-refractivity contribution >= 4 is 23.9 Å². The van der Waals surface area contributed by atoms with Crippen LogP contribution in [0.3, 0.4) is 0 Å². The van der Waals surface area contributed by atoms with Crippen LogP contribution in [0.15, 0.2) is 0 Å². The van der Waals surface area contributed by atoms with E-state index in [1.54, 1.807) is 0 Å². The predicted molar refractivity (Wildman–Crippen MR) is 56.3 cm³/mol. The second-order valence-electron chi connectivity index (χ2n) is 3.66. The monoisotopic (exact) mass is 259 g/mol. The van der Waals surface area contributed by atoms with Gasteiger partial charge in [0, 0.05) is 0 Å². The van der Waals surface area contributed by atoms with Crippen LogP contribution in [-0.4, -0.2) is 71.6 Å². The number of primary amides is 1. The van der Waals surface area contributed by atoms with Crippen molar-refractivity contribution < 1.29 is 29.0 Å². The Labute approximate surface area is 102 Å². The van der Waals surface area contributed by atoms with Crippen molar-refractivity contribution in [3.63, 3.8) is 0 Å². The molecule has 0 radical (unpaired) electrons. The molecule has 0 spiro atoms. The lowest BCUT2D eigenvalue weighted by molar-refractivity contribution is -0.139. The molecule has 1 saturated heterocycles. The number of imide groups is 1. The smallest absolute Gasteiger partial charge is 0.416 e. The molecule has 9 nitrogen and oxygen atoms in total. The lowest BCUT2D eigenvalue weighted by Crippen LogP contribution is -2.45. The largest absolute Gasteiger partial charge is 0.480 e. The molecule has 0 aliphatic carbocycles. The zero-order valence-electron chi connectivity index (χ0n) is 9.50. The number of amides is 3. The highest BCUT2D eigenvalue weighted by molar-refractivity contribution is 5.94. The van der Waals surface area contributed by atoms with E-state index in [2.05, 4.69) is 4.74 Å². The van der Waals surface area contributed by atoms with Crippen molar-refractivity contribution in [2.24, 2.45) is 5.73 Å². The minimum Gasteiger partial charge on any atom is -0.480 e. The van der Waals surface area contributed by atoms with Gasteiger partial charge < -0.3 is 15.6 Å². The van der Waals surface area contributed by atoms with Crippen molar-refractivity contribution in [3.05, 3.63) is 0 Å². The van der Waals surface area contributed by atoms with Gasteiger partial charge in [-0.15, -0.1) is 0 Å². The molecule has 3 N–H and O–H groups in total. The van der Waals surface area contributed by atoms with Crippen molar-refractivity contribution in [2.75, 3.05) is 32.8 Å². The first kappa shape index (κ1) is 13.9. The number of nitrogens with two attached hydrogens (primary N) is 1. The van der Waals surface area contributed by atoms with Crippen LogP contribution in [0.2, 0.25) is 0 Å². The van der Waals surface area contributed by atoms with Gasteiger partial charge in [0.1, 0.15) is 6.61 Å². The summed E-state index contributed by atoms with van der Waals surface area (Å²) in [5.41, 5.74) is 4.94. The molecule has 0 bridgehead atoms. The van der Waals surface area contributed by atoms with Gasteiger partial charge in [0.25, 0.3) is 0 Å². The van der Waals surface area contributed by atoms with E-state index in [0.717, 1.165) is 9.80 Å². The number of cyclic esters (lactones) is 1. The number of nitrogens with zero attached hydrogens (tertiary/aromatic N) is 2. The third-order valence-electron chi connectivity index (χ3n) is 2.16. The molecule has 9 heteroatoms. The van der Waals surface area contributed by atoms with Crippen LogP contribution in [0.4, 0.5) is 4.79 Å². The first-order valence-electron chi connectivity index (χ1n) is 5.09. The Morgan fingerprint density at radius 3 is 2.44 bits per heavy atom. The predicted octanol–water partition coefficient (Wildman–Crippen LogP) is -2.16. The summed E-state index contributed by atoms with van der Waals surface area (Å²) < 4.78 is 4.57. The molecule has 1 aliphatic rings. The Hall–Kier alpha value is -2.16. The molecule has 1 rings (SSSR count). The molecule has 18 heavy (non-hydrogen) atoms. The number of ether oxygens (including phenoxy) is 1. The van der Waals surface area contributed by atoms with Crippen LogP contribution < -0.4 is 5.73 Å². The maximum absolute atomic E-state index is 11.7. The molecule has 0 unspecified atom stereocenters. The van der Waals surface area contributed by atoms with Crippen molar-refractivity contribution in [3.8, 4) is 0 Å². The minimum atomic E-state index is -1.20. The molecule has 3 amide bonds. The van der Waals surface area contributed by atoms with E-state index < -0.39 is 30.4 Å². The summed E-state index contributed by atoms with van der Waals surface area (Å²) in [6.45, 7) is -1.04. The molecule has 1 aliphatic heterocycles. The lowest BCUT2D eigenvalue weighted by Gasteiger charge is -2.19. The van der Waals surface area contributed by atoms with E-state index in [0.29, 0.717) is 0 Å². The van der Waals surface area contributed by atoms with Gasteiger partial charge in [-0.3, -0.25) is 19.3 Å². The third kappa shape index (κ3) is 4.01. The standard InChI is InChI=1S/C9H13N3O6/c10-6(13)3-11(5-8(15)16)4-7(14)12-1-2-18-9(12)17/h1-5H2,(H2,10,13)(H,15,16). The van der Waals surface area contributed by atoms with Crippen LogP contribution in [0.5, 0.6) is 0 Å². The van der Waals surface area contributed by atoms with Crippen LogP contribution in [0.1, 0.15) is 0 Å². The second-order valence-corrected chi connectivity index (χ2v) is 3.66. The topological polar surface area (TPSA) is 130 Å². The van der Waals surface area contributed by atoms with E-state index in [-0.39, 0.29) is 26.2 Å². The summed E-state index contributed by atoms with van der Waals surface area (Å²) in [6.07, 6.45) is -0.769. The zero-order chi connectivity index (χ0) is 13.7. The average Bonchev–Trinajstić information content (AvgIpc) is 2.61. The lowest BCUT2D eigenvalue weighted by atomic mass is 10.4. The van der Waals surface area contributed by atoms with Crippen LogP contribution in [0.25, 0.3) is 0 Å². The Morgan fingerprint density at radius 1 is 1.33 bits per heavy atom. The summed E-state index contributed by atoms with van der Waals surface area (Å²) >= 11 is 0. The number of rotatable bonds is 6. The SMILES string of the molecule is NC(=O)CN(CC(=O)O)CC(=O)N1CCOC1=O. The Bertz CT molecular complexity index is 366. The second kappa shape index (κ2) is 5.96. The molecular formula is C9H13N3O6. The molecule has 0 aromatic heterocycles. The van der Waals surface area contributed by atoms with Gasteiger partial charge in [-0.2, -0.15) is 0 Å². The Morgan fingerprint density at radius 2 is 2.00 bits per heavy atom. The highest BCUT2D eigenvalue weighted by Crippen LogP contribution is 2.04.